The smallest absolute Gasteiger partial charge is 0.264 e. The second kappa shape index (κ2) is 13.7. The summed E-state index contributed by atoms with van der Waals surface area (Å²) in [6, 6.07) is 19.4. The Hall–Kier alpha value is -4.05. The number of hydrogen-bond acceptors (Lipinski definition) is 6. The van der Waals surface area contributed by atoms with Crippen LogP contribution in [0.4, 0.5) is 5.69 Å². The van der Waals surface area contributed by atoms with Gasteiger partial charge in [-0.25, -0.2) is 8.42 Å². The van der Waals surface area contributed by atoms with Gasteiger partial charge in [-0.3, -0.25) is 13.9 Å². The molecule has 10 heteroatoms. The number of ether oxygens (including phenoxy) is 2. The van der Waals surface area contributed by atoms with Crippen LogP contribution in [0, 0.1) is 6.92 Å². The van der Waals surface area contributed by atoms with E-state index in [0.717, 1.165) is 41.1 Å². The quantitative estimate of drug-likeness (QED) is 0.327. The largest absolute Gasteiger partial charge is 0.497 e. The molecule has 9 nitrogen and oxygen atoms in total. The molecule has 1 unspecified atom stereocenters. The molecule has 0 aliphatic heterocycles. The molecule has 0 saturated heterocycles. The molecule has 1 fully saturated rings. The monoisotopic (exact) mass is 593 g/mol. The van der Waals surface area contributed by atoms with Crippen LogP contribution in [0.3, 0.4) is 0 Å². The first-order chi connectivity index (χ1) is 20.1. The van der Waals surface area contributed by atoms with Crippen molar-refractivity contribution in [3.8, 4) is 11.5 Å². The van der Waals surface area contributed by atoms with E-state index in [-0.39, 0.29) is 23.4 Å². The Bertz CT molecular complexity index is 1470. The Labute approximate surface area is 248 Å². The number of nitrogens with zero attached hydrogens (tertiary/aromatic N) is 2. The number of benzene rings is 3. The minimum atomic E-state index is -4.16. The zero-order chi connectivity index (χ0) is 30.3. The van der Waals surface area contributed by atoms with E-state index in [1.54, 1.807) is 62.6 Å². The van der Waals surface area contributed by atoms with Gasteiger partial charge < -0.3 is 19.7 Å². The van der Waals surface area contributed by atoms with Crippen molar-refractivity contribution in [2.24, 2.45) is 0 Å². The highest BCUT2D eigenvalue weighted by Crippen LogP contribution is 2.27. The Morgan fingerprint density at radius 2 is 1.57 bits per heavy atom. The molecule has 1 saturated carbocycles. The molecule has 42 heavy (non-hydrogen) atoms. The molecule has 1 N–H and O–H groups in total. The fraction of sp³-hybridized carbons (Fsp3) is 0.375. The number of nitrogens with one attached hydrogen (secondary N) is 1. The number of methoxy groups -OCH3 is 2. The van der Waals surface area contributed by atoms with Gasteiger partial charge in [0.2, 0.25) is 11.8 Å². The first-order valence-electron chi connectivity index (χ1n) is 14.1. The molecule has 1 aliphatic rings. The van der Waals surface area contributed by atoms with Crippen LogP contribution in [-0.2, 0) is 26.2 Å². The average Bonchev–Trinajstić information content (AvgIpc) is 3.52. The van der Waals surface area contributed by atoms with Crippen molar-refractivity contribution in [2.45, 2.75) is 63.1 Å². The third kappa shape index (κ3) is 7.42. The molecule has 224 valence electrons. The molecule has 2 amide bonds. The molecule has 4 rings (SSSR count). The molecule has 0 spiro atoms. The Balaban J connectivity index is 1.69. The summed E-state index contributed by atoms with van der Waals surface area (Å²) in [4.78, 5) is 28.9. The first-order valence-corrected chi connectivity index (χ1v) is 15.5. The van der Waals surface area contributed by atoms with E-state index in [1.807, 2.05) is 19.1 Å². The molecule has 3 aromatic rings. The number of amides is 2. The highest BCUT2D eigenvalue weighted by molar-refractivity contribution is 7.92. The van der Waals surface area contributed by atoms with Crippen LogP contribution in [0.5, 0.6) is 11.5 Å². The zero-order valence-corrected chi connectivity index (χ0v) is 25.4. The summed E-state index contributed by atoms with van der Waals surface area (Å²) < 4.78 is 39.6. The fourth-order valence-corrected chi connectivity index (χ4v) is 6.47. The van der Waals surface area contributed by atoms with Gasteiger partial charge in [0.05, 0.1) is 24.8 Å². The van der Waals surface area contributed by atoms with E-state index >= 15 is 0 Å². The lowest BCUT2D eigenvalue weighted by atomic mass is 10.1. The number of carbonyl (C=O) groups excluding carboxylic acids is 2. The Morgan fingerprint density at radius 1 is 0.929 bits per heavy atom. The minimum absolute atomic E-state index is 0.0167. The van der Waals surface area contributed by atoms with Crippen molar-refractivity contribution in [1.82, 2.24) is 10.2 Å². The van der Waals surface area contributed by atoms with Crippen molar-refractivity contribution in [1.29, 1.82) is 0 Å². The number of hydrogen-bond donors (Lipinski definition) is 1. The fourth-order valence-electron chi connectivity index (χ4n) is 5.06. The van der Waals surface area contributed by atoms with Gasteiger partial charge in [-0.05, 0) is 80.8 Å². The van der Waals surface area contributed by atoms with E-state index in [0.29, 0.717) is 17.2 Å². The number of aryl methyl sites for hydroxylation is 1. The average molecular weight is 594 g/mol. The molecule has 1 aliphatic carbocycles. The molecule has 0 aromatic heterocycles. The minimum Gasteiger partial charge on any atom is -0.497 e. The van der Waals surface area contributed by atoms with Gasteiger partial charge in [-0.15, -0.1) is 0 Å². The van der Waals surface area contributed by atoms with E-state index in [2.05, 4.69) is 5.32 Å². The van der Waals surface area contributed by atoms with Crippen molar-refractivity contribution in [2.75, 3.05) is 25.1 Å². The van der Waals surface area contributed by atoms with E-state index < -0.39 is 28.5 Å². The number of carbonyl (C=O) groups is 2. The van der Waals surface area contributed by atoms with Gasteiger partial charge in [0.25, 0.3) is 10.0 Å². The maximum atomic E-state index is 14.1. The lowest BCUT2D eigenvalue weighted by molar-refractivity contribution is -0.139. The van der Waals surface area contributed by atoms with Gasteiger partial charge in [0.1, 0.15) is 24.1 Å². The van der Waals surface area contributed by atoms with Gasteiger partial charge in [-0.1, -0.05) is 42.7 Å². The van der Waals surface area contributed by atoms with Crippen molar-refractivity contribution in [3.63, 3.8) is 0 Å². The van der Waals surface area contributed by atoms with Crippen molar-refractivity contribution in [3.05, 3.63) is 83.9 Å². The van der Waals surface area contributed by atoms with Gasteiger partial charge in [-0.2, -0.15) is 0 Å². The standard InChI is InChI=1S/C32H39N3O6S/c1-23-12-14-27(15-13-23)35(42(38,39)30-18-16-28(40-3)17-19-30)22-31(36)34(21-25-8-7-11-29(20-25)41-4)24(2)32(37)33-26-9-5-6-10-26/h7-8,11-20,24,26H,5-6,9-10,21-22H2,1-4H3,(H,33,37). The lowest BCUT2D eigenvalue weighted by Gasteiger charge is -2.32. The lowest BCUT2D eigenvalue weighted by Crippen LogP contribution is -2.52. The molecule has 0 bridgehead atoms. The molecule has 3 aromatic carbocycles. The second-order valence-electron chi connectivity index (χ2n) is 10.6. The van der Waals surface area contributed by atoms with E-state index in [1.165, 1.54) is 24.1 Å². The maximum absolute atomic E-state index is 14.1. The summed E-state index contributed by atoms with van der Waals surface area (Å²) in [6.45, 7) is 3.18. The second-order valence-corrected chi connectivity index (χ2v) is 12.4. The van der Waals surface area contributed by atoms with Crippen LogP contribution in [0.2, 0.25) is 0 Å². The highest BCUT2D eigenvalue weighted by atomic mass is 32.2. The summed E-state index contributed by atoms with van der Waals surface area (Å²) in [5, 5.41) is 3.08. The van der Waals surface area contributed by atoms with Crippen LogP contribution < -0.4 is 19.1 Å². The highest BCUT2D eigenvalue weighted by Gasteiger charge is 2.33. The Kier molecular flexibility index (Phi) is 10.1. The zero-order valence-electron chi connectivity index (χ0n) is 24.6. The number of sulfonamides is 1. The van der Waals surface area contributed by atoms with Crippen LogP contribution in [0.15, 0.2) is 77.7 Å². The number of rotatable bonds is 12. The van der Waals surface area contributed by atoms with Crippen molar-refractivity contribution < 1.29 is 27.5 Å². The van der Waals surface area contributed by atoms with Gasteiger partial charge >= 0.3 is 0 Å². The third-order valence-corrected chi connectivity index (χ3v) is 9.39. The van der Waals surface area contributed by atoms with Crippen LogP contribution in [0.25, 0.3) is 0 Å². The molecular weight excluding hydrogens is 554 g/mol. The predicted molar refractivity (Wildman–Crippen MR) is 162 cm³/mol. The summed E-state index contributed by atoms with van der Waals surface area (Å²) in [5.41, 5.74) is 2.04. The normalized spacial score (nSPS) is 14.2. The molecule has 0 heterocycles. The van der Waals surface area contributed by atoms with E-state index in [4.69, 9.17) is 9.47 Å². The Morgan fingerprint density at radius 3 is 2.19 bits per heavy atom. The van der Waals surface area contributed by atoms with Crippen molar-refractivity contribution >= 4 is 27.5 Å². The summed E-state index contributed by atoms with van der Waals surface area (Å²) in [5.74, 6) is 0.354. The van der Waals surface area contributed by atoms with E-state index in [9.17, 15) is 18.0 Å². The van der Waals surface area contributed by atoms with Crippen LogP contribution in [0.1, 0.15) is 43.7 Å². The maximum Gasteiger partial charge on any atom is 0.264 e. The summed E-state index contributed by atoms with van der Waals surface area (Å²) in [7, 11) is -1.10. The predicted octanol–water partition coefficient (Wildman–Crippen LogP) is 4.68. The SMILES string of the molecule is COc1ccc(S(=O)(=O)N(CC(=O)N(Cc2cccc(OC)c2)C(C)C(=O)NC2CCCC2)c2ccc(C)cc2)cc1. The molecule has 1 atom stereocenters. The van der Waals surface area contributed by atoms with Gasteiger partial charge in [0.15, 0.2) is 0 Å². The van der Waals surface area contributed by atoms with Crippen LogP contribution >= 0.6 is 0 Å². The topological polar surface area (TPSA) is 105 Å². The van der Waals surface area contributed by atoms with Crippen LogP contribution in [-0.4, -0.2) is 58.0 Å². The molecular formula is C32H39N3O6S. The third-order valence-electron chi connectivity index (χ3n) is 7.60. The number of anilines is 1. The summed E-state index contributed by atoms with van der Waals surface area (Å²) >= 11 is 0. The first kappa shape index (κ1) is 30.9. The van der Waals surface area contributed by atoms with Gasteiger partial charge in [0, 0.05) is 12.6 Å². The molecule has 0 radical (unpaired) electrons. The summed E-state index contributed by atoms with van der Waals surface area (Å²) in [6.07, 6.45) is 3.92.